The number of carbonyl (C=O) groups is 3. The standard InChI is InChI=1S/C11H19NO3.C6H11NO/c1-11(2,3)15-10(14)12-8-6-4-5-7-9(12)13;8-6-4-2-1-3-5-7-6/h4-8H2,1-3H3;1-5H2,(H,7,8). The highest BCUT2D eigenvalue weighted by Gasteiger charge is 2.27. The smallest absolute Gasteiger partial charge is 0.417 e. The van der Waals surface area contributed by atoms with Crippen molar-refractivity contribution < 1.29 is 19.1 Å². The van der Waals surface area contributed by atoms with Gasteiger partial charge < -0.3 is 10.1 Å². The Labute approximate surface area is 138 Å². The van der Waals surface area contributed by atoms with Gasteiger partial charge in [-0.1, -0.05) is 12.8 Å². The molecule has 0 aromatic heterocycles. The summed E-state index contributed by atoms with van der Waals surface area (Å²) < 4.78 is 5.17. The zero-order valence-corrected chi connectivity index (χ0v) is 14.7. The van der Waals surface area contributed by atoms with Gasteiger partial charge in [0, 0.05) is 25.9 Å². The third-order valence-electron chi connectivity index (χ3n) is 3.59. The molecule has 1 N–H and O–H groups in total. The van der Waals surface area contributed by atoms with Crippen molar-refractivity contribution in [2.45, 2.75) is 77.7 Å². The van der Waals surface area contributed by atoms with E-state index < -0.39 is 11.7 Å². The number of imide groups is 1. The van der Waals surface area contributed by atoms with Gasteiger partial charge in [0.15, 0.2) is 0 Å². The van der Waals surface area contributed by atoms with E-state index >= 15 is 0 Å². The van der Waals surface area contributed by atoms with Gasteiger partial charge >= 0.3 is 6.09 Å². The highest BCUT2D eigenvalue weighted by atomic mass is 16.6. The molecule has 3 amide bonds. The second kappa shape index (κ2) is 9.53. The zero-order valence-electron chi connectivity index (χ0n) is 14.7. The van der Waals surface area contributed by atoms with Crippen LogP contribution in [0, 0.1) is 0 Å². The highest BCUT2D eigenvalue weighted by Crippen LogP contribution is 2.15. The first-order chi connectivity index (χ1) is 10.8. The lowest BCUT2D eigenvalue weighted by atomic mass is 10.2. The van der Waals surface area contributed by atoms with Crippen molar-refractivity contribution in [1.29, 1.82) is 0 Å². The zero-order chi connectivity index (χ0) is 17.3. The maximum Gasteiger partial charge on any atom is 0.417 e. The van der Waals surface area contributed by atoms with E-state index in [0.717, 1.165) is 45.1 Å². The van der Waals surface area contributed by atoms with Gasteiger partial charge in [0.2, 0.25) is 11.8 Å². The number of nitrogens with one attached hydrogen (secondary N) is 1. The molecular formula is C17H30N2O4. The minimum Gasteiger partial charge on any atom is -0.443 e. The number of ether oxygens (including phenoxy) is 1. The monoisotopic (exact) mass is 326 g/mol. The van der Waals surface area contributed by atoms with E-state index in [-0.39, 0.29) is 11.8 Å². The number of amides is 3. The summed E-state index contributed by atoms with van der Waals surface area (Å²) in [6, 6.07) is 0. The molecule has 6 heteroatoms. The molecule has 132 valence electrons. The van der Waals surface area contributed by atoms with Gasteiger partial charge in [0.05, 0.1) is 0 Å². The van der Waals surface area contributed by atoms with Crippen LogP contribution in [0.1, 0.15) is 72.1 Å². The van der Waals surface area contributed by atoms with Crippen LogP contribution < -0.4 is 5.32 Å². The summed E-state index contributed by atoms with van der Waals surface area (Å²) in [5, 5.41) is 2.81. The molecule has 23 heavy (non-hydrogen) atoms. The van der Waals surface area contributed by atoms with Crippen LogP contribution in [0.4, 0.5) is 4.79 Å². The normalized spacial score (nSPS) is 19.7. The van der Waals surface area contributed by atoms with Crippen LogP contribution >= 0.6 is 0 Å². The fraction of sp³-hybridized carbons (Fsp3) is 0.824. The van der Waals surface area contributed by atoms with Crippen molar-refractivity contribution >= 4 is 17.9 Å². The second-order valence-electron chi connectivity index (χ2n) is 7.00. The number of nitrogens with zero attached hydrogens (tertiary/aromatic N) is 1. The highest BCUT2D eigenvalue weighted by molar-refractivity contribution is 5.92. The molecule has 0 aromatic rings. The van der Waals surface area contributed by atoms with Gasteiger partial charge in [-0.3, -0.25) is 9.59 Å². The SMILES string of the molecule is CC(C)(C)OC(=O)N1CCCCCC1=O.O=C1CCCCCN1. The molecule has 2 heterocycles. The number of hydrogen-bond donors (Lipinski definition) is 1. The molecule has 0 unspecified atom stereocenters. The Balaban J connectivity index is 0.000000277. The average molecular weight is 326 g/mol. The number of hydrogen-bond acceptors (Lipinski definition) is 4. The molecule has 0 radical (unpaired) electrons. The van der Waals surface area contributed by atoms with E-state index in [2.05, 4.69) is 5.32 Å². The average Bonchev–Trinajstić information content (AvgIpc) is 2.80. The lowest BCUT2D eigenvalue weighted by molar-refractivity contribution is -0.129. The fourth-order valence-corrected chi connectivity index (χ4v) is 2.40. The Kier molecular flexibility index (Phi) is 8.06. The molecule has 0 aromatic carbocycles. The van der Waals surface area contributed by atoms with Crippen LogP contribution in [0.2, 0.25) is 0 Å². The number of rotatable bonds is 0. The summed E-state index contributed by atoms with van der Waals surface area (Å²) in [5.74, 6) is 0.115. The fourth-order valence-electron chi connectivity index (χ4n) is 2.40. The van der Waals surface area contributed by atoms with Gasteiger partial charge in [-0.2, -0.15) is 0 Å². The van der Waals surface area contributed by atoms with E-state index in [4.69, 9.17) is 4.74 Å². The van der Waals surface area contributed by atoms with Crippen molar-refractivity contribution in [1.82, 2.24) is 10.2 Å². The van der Waals surface area contributed by atoms with E-state index in [0.29, 0.717) is 13.0 Å². The van der Waals surface area contributed by atoms with Crippen LogP contribution in [0.3, 0.4) is 0 Å². The predicted molar refractivity (Wildman–Crippen MR) is 87.9 cm³/mol. The molecule has 0 saturated carbocycles. The van der Waals surface area contributed by atoms with Crippen molar-refractivity contribution in [2.75, 3.05) is 13.1 Å². The quantitative estimate of drug-likeness (QED) is 0.742. The molecule has 0 aliphatic carbocycles. The summed E-state index contributed by atoms with van der Waals surface area (Å²) in [6.45, 7) is 6.78. The first-order valence-electron chi connectivity index (χ1n) is 8.59. The lowest BCUT2D eigenvalue weighted by Crippen LogP contribution is -2.40. The molecule has 2 saturated heterocycles. The minimum absolute atomic E-state index is 0.109. The van der Waals surface area contributed by atoms with E-state index in [1.54, 1.807) is 20.8 Å². The molecule has 2 fully saturated rings. The summed E-state index contributed by atoms with van der Waals surface area (Å²) >= 11 is 0. The Bertz CT molecular complexity index is 405. The predicted octanol–water partition coefficient (Wildman–Crippen LogP) is 3.00. The van der Waals surface area contributed by atoms with Crippen molar-refractivity contribution in [2.24, 2.45) is 0 Å². The second-order valence-corrected chi connectivity index (χ2v) is 7.00. The number of carbonyl (C=O) groups excluding carboxylic acids is 3. The van der Waals surface area contributed by atoms with Crippen LogP contribution in [0.25, 0.3) is 0 Å². The van der Waals surface area contributed by atoms with E-state index in [9.17, 15) is 14.4 Å². The maximum atomic E-state index is 11.7. The Morgan fingerprint density at radius 2 is 1.65 bits per heavy atom. The van der Waals surface area contributed by atoms with E-state index in [1.165, 1.54) is 11.3 Å². The van der Waals surface area contributed by atoms with Gasteiger partial charge in [-0.15, -0.1) is 0 Å². The molecule has 0 bridgehead atoms. The van der Waals surface area contributed by atoms with Gasteiger partial charge in [-0.25, -0.2) is 9.69 Å². The molecular weight excluding hydrogens is 296 g/mol. The Hall–Kier alpha value is -1.59. The minimum atomic E-state index is -0.538. The number of likely N-dealkylation sites (tertiary alicyclic amines) is 1. The van der Waals surface area contributed by atoms with Gasteiger partial charge in [-0.05, 0) is 46.5 Å². The van der Waals surface area contributed by atoms with Crippen molar-refractivity contribution in [3.63, 3.8) is 0 Å². The van der Waals surface area contributed by atoms with Crippen molar-refractivity contribution in [3.8, 4) is 0 Å². The topological polar surface area (TPSA) is 75.7 Å². The Morgan fingerprint density at radius 3 is 2.35 bits per heavy atom. The van der Waals surface area contributed by atoms with Gasteiger partial charge in [0.1, 0.15) is 5.60 Å². The summed E-state index contributed by atoms with van der Waals surface area (Å²) in [5.41, 5.74) is -0.538. The summed E-state index contributed by atoms with van der Waals surface area (Å²) in [4.78, 5) is 35.0. The van der Waals surface area contributed by atoms with Crippen LogP contribution in [-0.4, -0.2) is 41.5 Å². The third kappa shape index (κ3) is 8.57. The van der Waals surface area contributed by atoms with Crippen LogP contribution in [0.15, 0.2) is 0 Å². The van der Waals surface area contributed by atoms with Crippen molar-refractivity contribution in [3.05, 3.63) is 0 Å². The van der Waals surface area contributed by atoms with Gasteiger partial charge in [0.25, 0.3) is 0 Å². The summed E-state index contributed by atoms with van der Waals surface area (Å²) in [6.07, 6.45) is 6.89. The first-order valence-corrected chi connectivity index (χ1v) is 8.59. The molecule has 2 aliphatic rings. The molecule has 2 rings (SSSR count). The lowest BCUT2D eigenvalue weighted by Gasteiger charge is -2.25. The molecule has 2 aliphatic heterocycles. The third-order valence-corrected chi connectivity index (χ3v) is 3.59. The molecule has 0 atom stereocenters. The van der Waals surface area contributed by atoms with Crippen LogP contribution in [-0.2, 0) is 14.3 Å². The molecule has 6 nitrogen and oxygen atoms in total. The maximum absolute atomic E-state index is 11.7. The first kappa shape index (κ1) is 19.5. The molecule has 0 spiro atoms. The largest absolute Gasteiger partial charge is 0.443 e. The van der Waals surface area contributed by atoms with E-state index in [1.807, 2.05) is 0 Å². The van der Waals surface area contributed by atoms with Crippen LogP contribution in [0.5, 0.6) is 0 Å². The summed E-state index contributed by atoms with van der Waals surface area (Å²) in [7, 11) is 0. The Morgan fingerprint density at radius 1 is 1.00 bits per heavy atom.